The van der Waals surface area contributed by atoms with Crippen molar-refractivity contribution < 1.29 is 4.74 Å². The highest BCUT2D eigenvalue weighted by Crippen LogP contribution is 2.39. The molecule has 1 atom stereocenters. The van der Waals surface area contributed by atoms with Crippen LogP contribution in [0.15, 0.2) is 176 Å². The lowest BCUT2D eigenvalue weighted by Crippen LogP contribution is -2.22. The van der Waals surface area contributed by atoms with Crippen LogP contribution in [0.2, 0.25) is 0 Å². The first-order chi connectivity index (χ1) is 39.2. The van der Waals surface area contributed by atoms with Crippen LogP contribution in [0.25, 0.3) is 21.5 Å². The van der Waals surface area contributed by atoms with Gasteiger partial charge in [-0.3, -0.25) is 0 Å². The van der Waals surface area contributed by atoms with E-state index in [2.05, 4.69) is 331 Å². The molecule has 2 aliphatic rings. The first kappa shape index (κ1) is 74.0. The zero-order chi connectivity index (χ0) is 64.1. The molecule has 7 aromatic rings. The zero-order valence-corrected chi connectivity index (χ0v) is 59.2. The second-order valence-corrected chi connectivity index (χ2v) is 32.7. The molecule has 0 amide bonds. The average Bonchev–Trinajstić information content (AvgIpc) is 2.49. The molecule has 1 fully saturated rings. The van der Waals surface area contributed by atoms with Crippen LogP contribution in [0.1, 0.15) is 256 Å². The van der Waals surface area contributed by atoms with Crippen LogP contribution >= 0.6 is 0 Å². The van der Waals surface area contributed by atoms with E-state index in [9.17, 15) is 0 Å². The van der Waals surface area contributed by atoms with Crippen LogP contribution in [0.3, 0.4) is 0 Å². The smallest absolute Gasteiger partial charge is 0.0724 e. The van der Waals surface area contributed by atoms with E-state index in [4.69, 9.17) is 4.74 Å². The van der Waals surface area contributed by atoms with Gasteiger partial charge in [0.15, 0.2) is 0 Å². The van der Waals surface area contributed by atoms with Gasteiger partial charge in [-0.2, -0.15) is 0 Å². The minimum atomic E-state index is -0.0458. The van der Waals surface area contributed by atoms with E-state index in [1.54, 1.807) is 0 Å². The monoisotopic (exact) mass is 1150 g/mol. The predicted octanol–water partition coefficient (Wildman–Crippen LogP) is 25.9. The fraction of sp³-hybridized carbons (Fsp3) is 0.524. The Morgan fingerprint density at radius 2 is 0.741 bits per heavy atom. The summed E-state index contributed by atoms with van der Waals surface area (Å²) in [6.07, 6.45) is 16.2. The number of allylic oxidation sites excluding steroid dienone is 2. The SMILES string of the molecule is CC(C)(C)C1C=CCCC1.CC(C)(C)C1CCCCC1.CC(C)(C)OCc1ccccc1.CC(C)(C)c1c2ccccc2cc2ccccc12.CC(C)(C)c1ccc(C(C)(C)C)cc1.CC(C)(C)c1ccccc1.Cc1ccc(C(C)(C)C)cc1. The highest BCUT2D eigenvalue weighted by Gasteiger charge is 2.26. The van der Waals surface area contributed by atoms with Crippen LogP contribution < -0.4 is 0 Å². The first-order valence-corrected chi connectivity index (χ1v) is 32.7. The van der Waals surface area contributed by atoms with Gasteiger partial charge in [0.25, 0.3) is 0 Å². The molecular weight excluding hydrogens is 1020 g/mol. The van der Waals surface area contributed by atoms with Gasteiger partial charge in [-0.05, 0) is 171 Å². The maximum atomic E-state index is 5.62. The van der Waals surface area contributed by atoms with Crippen molar-refractivity contribution in [3.8, 4) is 0 Å². The molecule has 0 bridgehead atoms. The number of benzene rings is 7. The van der Waals surface area contributed by atoms with E-state index in [0.717, 1.165) is 11.8 Å². The van der Waals surface area contributed by atoms with E-state index < -0.39 is 0 Å². The summed E-state index contributed by atoms with van der Waals surface area (Å²) in [5.74, 6) is 1.82. The second-order valence-electron chi connectivity index (χ2n) is 32.7. The summed E-state index contributed by atoms with van der Waals surface area (Å²) in [5, 5.41) is 5.43. The predicted molar refractivity (Wildman–Crippen MR) is 382 cm³/mol. The van der Waals surface area contributed by atoms with Crippen LogP contribution in [0.5, 0.6) is 0 Å². The molecule has 1 saturated carbocycles. The number of aryl methyl sites for hydroxylation is 1. The molecule has 85 heavy (non-hydrogen) atoms. The van der Waals surface area contributed by atoms with Crippen molar-refractivity contribution in [3.63, 3.8) is 0 Å². The van der Waals surface area contributed by atoms with Crippen molar-refractivity contribution in [2.75, 3.05) is 0 Å². The summed E-state index contributed by atoms with van der Waals surface area (Å²) >= 11 is 0. The van der Waals surface area contributed by atoms with E-state index in [1.807, 2.05) is 18.2 Å². The van der Waals surface area contributed by atoms with Gasteiger partial charge in [0.1, 0.15) is 0 Å². The maximum Gasteiger partial charge on any atom is 0.0724 e. The Morgan fingerprint density at radius 1 is 0.365 bits per heavy atom. The summed E-state index contributed by atoms with van der Waals surface area (Å²) in [6, 6.07) is 58.2. The van der Waals surface area contributed by atoms with E-state index >= 15 is 0 Å². The molecule has 9 rings (SSSR count). The quantitative estimate of drug-likeness (QED) is 0.124. The van der Waals surface area contributed by atoms with Crippen molar-refractivity contribution in [2.45, 2.75) is 264 Å². The molecule has 0 radical (unpaired) electrons. The van der Waals surface area contributed by atoms with Gasteiger partial charge >= 0.3 is 0 Å². The molecule has 0 saturated heterocycles. The number of hydrogen-bond acceptors (Lipinski definition) is 1. The normalized spacial score (nSPS) is 15.1. The molecule has 0 heterocycles. The van der Waals surface area contributed by atoms with E-state index in [-0.39, 0.29) is 27.3 Å². The third-order valence-electron chi connectivity index (χ3n) is 16.4. The highest BCUT2D eigenvalue weighted by molar-refractivity contribution is 6.03. The lowest BCUT2D eigenvalue weighted by molar-refractivity contribution is -0.0149. The van der Waals surface area contributed by atoms with Crippen LogP contribution in [-0.2, 0) is 38.4 Å². The van der Waals surface area contributed by atoms with Crippen molar-refractivity contribution in [1.82, 2.24) is 0 Å². The molecular formula is C84H124O. The van der Waals surface area contributed by atoms with Gasteiger partial charge in [-0.25, -0.2) is 0 Å². The summed E-state index contributed by atoms with van der Waals surface area (Å²) in [5.41, 5.74) is 11.9. The molecule has 466 valence electrons. The number of hydrogen-bond donors (Lipinski definition) is 0. The Kier molecular flexibility index (Phi) is 28.4. The van der Waals surface area contributed by atoms with Gasteiger partial charge in [0.05, 0.1) is 12.2 Å². The second kappa shape index (κ2) is 32.7. The Balaban J connectivity index is 0.000000263. The molecule has 2 aliphatic carbocycles. The molecule has 0 N–H and O–H groups in total. The van der Waals surface area contributed by atoms with E-state index in [0.29, 0.717) is 22.9 Å². The molecule has 1 unspecified atom stereocenters. The van der Waals surface area contributed by atoms with Crippen molar-refractivity contribution in [3.05, 3.63) is 215 Å². The highest BCUT2D eigenvalue weighted by atomic mass is 16.5. The molecule has 7 aromatic carbocycles. The van der Waals surface area contributed by atoms with Crippen LogP contribution in [-0.4, -0.2) is 5.60 Å². The van der Waals surface area contributed by atoms with Gasteiger partial charge < -0.3 is 4.74 Å². The summed E-state index contributed by atoms with van der Waals surface area (Å²) < 4.78 is 5.62. The number of fused-ring (bicyclic) bond motifs is 2. The molecule has 0 aromatic heterocycles. The number of ether oxygens (including phenoxy) is 1. The van der Waals surface area contributed by atoms with E-state index in [1.165, 1.54) is 112 Å². The Hall–Kier alpha value is -5.24. The molecule has 0 aliphatic heterocycles. The third kappa shape index (κ3) is 28.0. The Bertz CT molecular complexity index is 2870. The molecule has 1 nitrogen and oxygen atoms in total. The average molecular weight is 1150 g/mol. The fourth-order valence-electron chi connectivity index (χ4n) is 10.7. The fourth-order valence-corrected chi connectivity index (χ4v) is 10.7. The van der Waals surface area contributed by atoms with Crippen molar-refractivity contribution in [2.24, 2.45) is 22.7 Å². The number of rotatable bonds is 2. The Morgan fingerprint density at radius 3 is 1.06 bits per heavy atom. The van der Waals surface area contributed by atoms with Gasteiger partial charge in [-0.1, -0.05) is 340 Å². The standard InChI is InChI=1S/C18H18.C14H22.C11H16O.C11H16.C10H20.C10H18.C10H14/c1-18(2,3)17-15-10-6-4-8-13(15)12-14-9-5-7-11-16(14)17;1-13(2,3)11-7-9-12(10-8-11)14(4,5)6;1-11(2,3)12-9-10-7-5-4-6-8-10;1-9-5-7-10(8-6-9)11(2,3)4;3*1-10(2,3)9-7-5-4-6-8-9/h4-12H,1-3H3;7-10H,1-6H3;4-8H,9H2,1-3H3;5-8H,1-4H3;9H,4-8H2,1-3H3;5,7,9H,4,6,8H2,1-3H3;4-8H,1-3H3. The zero-order valence-electron chi connectivity index (χ0n) is 59.2. The molecule has 1 heteroatoms. The van der Waals surface area contributed by atoms with Gasteiger partial charge in [0.2, 0.25) is 0 Å². The topological polar surface area (TPSA) is 9.23 Å². The van der Waals surface area contributed by atoms with Crippen molar-refractivity contribution >= 4 is 21.5 Å². The largest absolute Gasteiger partial charge is 0.371 e. The summed E-state index contributed by atoms with van der Waals surface area (Å²) in [6.45, 7) is 56.9. The van der Waals surface area contributed by atoms with Gasteiger partial charge in [0, 0.05) is 0 Å². The lowest BCUT2D eigenvalue weighted by atomic mass is 9.72. The van der Waals surface area contributed by atoms with Crippen LogP contribution in [0, 0.1) is 29.6 Å². The molecule has 0 spiro atoms. The summed E-state index contributed by atoms with van der Waals surface area (Å²) in [4.78, 5) is 0. The minimum absolute atomic E-state index is 0.0458. The summed E-state index contributed by atoms with van der Waals surface area (Å²) in [7, 11) is 0. The van der Waals surface area contributed by atoms with Gasteiger partial charge in [-0.15, -0.1) is 0 Å². The Labute approximate surface area is 524 Å². The third-order valence-corrected chi connectivity index (χ3v) is 16.4. The minimum Gasteiger partial charge on any atom is -0.371 e. The first-order valence-electron chi connectivity index (χ1n) is 32.7. The van der Waals surface area contributed by atoms with Crippen LogP contribution in [0.4, 0.5) is 0 Å². The maximum absolute atomic E-state index is 5.62. The lowest BCUT2D eigenvalue weighted by Gasteiger charge is -2.33. The van der Waals surface area contributed by atoms with Crippen molar-refractivity contribution in [1.29, 1.82) is 0 Å².